The third-order valence-corrected chi connectivity index (χ3v) is 0. The summed E-state index contributed by atoms with van der Waals surface area (Å²) in [6, 6.07) is 0. The van der Waals surface area contributed by atoms with Gasteiger partial charge >= 0.3 is 0 Å². The molecule has 0 fully saturated rings. The Balaban J connectivity index is -0.000000117. The predicted molar refractivity (Wildman–Crippen MR) is 46.3 cm³/mol. The number of quaternary nitrogens is 1. The maximum Gasteiger partial charge on any atom is 0.154 e. The minimum Gasteiger partial charge on any atom is -0.333 e. The van der Waals surface area contributed by atoms with Crippen molar-refractivity contribution in [2.24, 2.45) is 11.7 Å². The SMILES string of the molecule is C[N+](C)(C)C.N[N+](=O)[O-].N[N+](=O)[O-]. The van der Waals surface area contributed by atoms with Gasteiger partial charge in [-0.25, -0.2) is 20.2 Å². The van der Waals surface area contributed by atoms with Crippen LogP contribution in [0.3, 0.4) is 0 Å². The van der Waals surface area contributed by atoms with Gasteiger partial charge in [-0.1, -0.05) is 0 Å². The lowest BCUT2D eigenvalue weighted by molar-refractivity contribution is -0.849. The Morgan fingerprint density at radius 3 is 0.923 bits per heavy atom. The summed E-state index contributed by atoms with van der Waals surface area (Å²) in [5, 5.41) is 15.2. The normalized spacial score (nSPS) is 8.31. The molecule has 0 saturated carbocycles. The van der Waals surface area contributed by atoms with Crippen LogP contribution in [-0.4, -0.2) is 42.7 Å². The van der Waals surface area contributed by atoms with E-state index >= 15 is 0 Å². The van der Waals surface area contributed by atoms with Crippen LogP contribution < -0.4 is 11.7 Å². The second kappa shape index (κ2) is 8.46. The molecule has 13 heavy (non-hydrogen) atoms. The zero-order chi connectivity index (χ0) is 11.7. The fourth-order valence-corrected chi connectivity index (χ4v) is 0. The number of nitro groups is 2. The van der Waals surface area contributed by atoms with Crippen LogP contribution in [0.5, 0.6) is 0 Å². The second-order valence-corrected chi connectivity index (χ2v) is 3.25. The number of nitrogens with zero attached hydrogens (tertiary/aromatic N) is 3. The molecule has 0 aromatic carbocycles. The van der Waals surface area contributed by atoms with Gasteiger partial charge in [0, 0.05) is 0 Å². The lowest BCUT2D eigenvalue weighted by atomic mass is 10.8. The van der Waals surface area contributed by atoms with Crippen molar-refractivity contribution in [3.8, 4) is 0 Å². The molecule has 9 heteroatoms. The van der Waals surface area contributed by atoms with E-state index in [4.69, 9.17) is 20.2 Å². The Morgan fingerprint density at radius 1 is 0.923 bits per heavy atom. The van der Waals surface area contributed by atoms with Crippen molar-refractivity contribution in [2.75, 3.05) is 28.2 Å². The molecule has 0 rings (SSSR count). The van der Waals surface area contributed by atoms with E-state index in [9.17, 15) is 0 Å². The van der Waals surface area contributed by atoms with Crippen molar-refractivity contribution in [2.45, 2.75) is 0 Å². The van der Waals surface area contributed by atoms with E-state index in [1.165, 1.54) is 0 Å². The Hall–Kier alpha value is -1.64. The van der Waals surface area contributed by atoms with Crippen LogP contribution in [0, 0.1) is 20.2 Å². The van der Waals surface area contributed by atoms with Crippen molar-refractivity contribution >= 4 is 0 Å². The minimum absolute atomic E-state index is 1.00. The van der Waals surface area contributed by atoms with Crippen LogP contribution in [0.15, 0.2) is 0 Å². The zero-order valence-corrected chi connectivity index (χ0v) is 8.13. The Labute approximate surface area is 75.7 Å². The molecule has 0 aliphatic rings. The van der Waals surface area contributed by atoms with Crippen LogP contribution in [0.4, 0.5) is 0 Å². The first-order valence-electron chi connectivity index (χ1n) is 3.04. The third-order valence-electron chi connectivity index (χ3n) is 0. The maximum absolute atomic E-state index is 8.58. The molecule has 0 bridgehead atoms. The minimum atomic E-state index is -1.00. The summed E-state index contributed by atoms with van der Waals surface area (Å²) in [5.41, 5.74) is 0. The molecule has 0 heterocycles. The number of hydrogen-bond donors (Lipinski definition) is 2. The first-order chi connectivity index (χ1) is 5.46. The van der Waals surface area contributed by atoms with E-state index in [0.29, 0.717) is 0 Å². The first kappa shape index (κ1) is 17.4. The third kappa shape index (κ3) is 269. The lowest BCUT2D eigenvalue weighted by Crippen LogP contribution is -2.27. The molecule has 0 aliphatic heterocycles. The highest BCUT2D eigenvalue weighted by Gasteiger charge is 1.88. The molecular formula is C4H16N5O4+. The number of hydrogen-bond acceptors (Lipinski definition) is 4. The molecule has 0 aromatic heterocycles. The molecule has 0 radical (unpaired) electrons. The van der Waals surface area contributed by atoms with E-state index in [-0.39, 0.29) is 0 Å². The second-order valence-electron chi connectivity index (χ2n) is 3.25. The number of nitrogens with two attached hydrogens (primary N) is 2. The average molecular weight is 198 g/mol. The van der Waals surface area contributed by atoms with Crippen molar-refractivity contribution < 1.29 is 14.5 Å². The van der Waals surface area contributed by atoms with Crippen LogP contribution in [-0.2, 0) is 0 Å². The summed E-state index contributed by atoms with van der Waals surface area (Å²) >= 11 is 0. The van der Waals surface area contributed by atoms with E-state index in [2.05, 4.69) is 39.9 Å². The van der Waals surface area contributed by atoms with Gasteiger partial charge in [-0.15, -0.1) is 0 Å². The molecule has 4 N–H and O–H groups in total. The van der Waals surface area contributed by atoms with Crippen molar-refractivity contribution in [1.29, 1.82) is 0 Å². The standard InChI is InChI=1S/C4H12N.2H2N2O2/c1-5(2,3)4;2*1-2(3)4/h1-4H3;2*1H2/q+1;;. The van der Waals surface area contributed by atoms with Gasteiger partial charge in [0.1, 0.15) is 0 Å². The molecule has 80 valence electrons. The molecule has 0 amide bonds. The molecule has 0 unspecified atom stereocenters. The summed E-state index contributed by atoms with van der Waals surface area (Å²) in [4.78, 5) is 17.2. The van der Waals surface area contributed by atoms with Crippen molar-refractivity contribution in [1.82, 2.24) is 0 Å². The van der Waals surface area contributed by atoms with Crippen LogP contribution in [0.2, 0.25) is 0 Å². The van der Waals surface area contributed by atoms with Crippen molar-refractivity contribution in [3.05, 3.63) is 20.2 Å². The van der Waals surface area contributed by atoms with Crippen LogP contribution in [0.25, 0.3) is 0 Å². The first-order valence-corrected chi connectivity index (χ1v) is 3.04. The smallest absolute Gasteiger partial charge is 0.154 e. The van der Waals surface area contributed by atoms with Crippen LogP contribution in [0.1, 0.15) is 0 Å². The molecule has 0 atom stereocenters. The van der Waals surface area contributed by atoms with Crippen molar-refractivity contribution in [3.63, 3.8) is 0 Å². The maximum atomic E-state index is 8.58. The van der Waals surface area contributed by atoms with Gasteiger partial charge < -0.3 is 4.48 Å². The fourth-order valence-electron chi connectivity index (χ4n) is 0. The summed E-state index contributed by atoms with van der Waals surface area (Å²) in [5.74, 6) is 7.67. The van der Waals surface area contributed by atoms with E-state index in [1.807, 2.05) is 0 Å². The highest BCUT2D eigenvalue weighted by molar-refractivity contribution is 3.88. The summed E-state index contributed by atoms with van der Waals surface area (Å²) < 4.78 is 1.00. The largest absolute Gasteiger partial charge is 0.333 e. The van der Waals surface area contributed by atoms with Gasteiger partial charge in [0.05, 0.1) is 28.2 Å². The molecule has 0 aliphatic carbocycles. The van der Waals surface area contributed by atoms with Gasteiger partial charge in [-0.2, -0.15) is 11.7 Å². The fraction of sp³-hybridized carbons (Fsp3) is 1.00. The summed E-state index contributed by atoms with van der Waals surface area (Å²) in [6.07, 6.45) is 0. The monoisotopic (exact) mass is 198 g/mol. The molecule has 0 aromatic rings. The number of hydrazine groups is 2. The highest BCUT2D eigenvalue weighted by Crippen LogP contribution is 1.73. The van der Waals surface area contributed by atoms with E-state index in [1.54, 1.807) is 0 Å². The molecule has 9 nitrogen and oxygen atoms in total. The summed E-state index contributed by atoms with van der Waals surface area (Å²) in [7, 11) is 8.50. The average Bonchev–Trinajstić information content (AvgIpc) is 1.50. The van der Waals surface area contributed by atoms with Gasteiger partial charge in [0.25, 0.3) is 0 Å². The Kier molecular flexibility index (Phi) is 11.3. The highest BCUT2D eigenvalue weighted by atomic mass is 16.7. The van der Waals surface area contributed by atoms with Crippen LogP contribution >= 0.6 is 0 Å². The molecule has 0 saturated heterocycles. The molecule has 0 spiro atoms. The number of rotatable bonds is 0. The Bertz CT molecular complexity index is 127. The van der Waals surface area contributed by atoms with E-state index in [0.717, 1.165) is 4.48 Å². The molecular weight excluding hydrogens is 182 g/mol. The quantitative estimate of drug-likeness (QED) is 0.212. The zero-order valence-electron chi connectivity index (χ0n) is 8.13. The Morgan fingerprint density at radius 2 is 0.923 bits per heavy atom. The van der Waals surface area contributed by atoms with E-state index < -0.39 is 10.1 Å². The van der Waals surface area contributed by atoms with Gasteiger partial charge in [-0.3, -0.25) is 0 Å². The van der Waals surface area contributed by atoms with Gasteiger partial charge in [0.2, 0.25) is 0 Å². The predicted octanol–water partition coefficient (Wildman–Crippen LogP) is -1.40. The van der Waals surface area contributed by atoms with Gasteiger partial charge in [-0.05, 0) is 0 Å². The topological polar surface area (TPSA) is 138 Å². The summed E-state index contributed by atoms with van der Waals surface area (Å²) in [6.45, 7) is 0. The van der Waals surface area contributed by atoms with Gasteiger partial charge in [0.15, 0.2) is 10.1 Å². The lowest BCUT2D eigenvalue weighted by Gasteiger charge is -2.14.